The van der Waals surface area contributed by atoms with Crippen LogP contribution in [-0.4, -0.2) is 22.2 Å². The Morgan fingerprint density at radius 1 is 1.53 bits per heavy atom. The van der Waals surface area contributed by atoms with Crippen LogP contribution < -0.4 is 4.90 Å². The number of nitrogens with zero attached hydrogens (tertiary/aromatic N) is 3. The molecule has 0 bridgehead atoms. The lowest BCUT2D eigenvalue weighted by atomic mass is 10.1. The quantitative estimate of drug-likeness (QED) is 0.734. The van der Waals surface area contributed by atoms with Crippen molar-refractivity contribution in [2.45, 2.75) is 32.7 Å². The van der Waals surface area contributed by atoms with E-state index in [1.807, 2.05) is 21.7 Å². The average Bonchev–Trinajstić information content (AvgIpc) is 2.81. The largest absolute Gasteiger partial charge is 0.296 e. The van der Waals surface area contributed by atoms with Gasteiger partial charge in [0.1, 0.15) is 5.82 Å². The second kappa shape index (κ2) is 4.02. The predicted octanol–water partition coefficient (Wildman–Crippen LogP) is 2.18. The lowest BCUT2D eigenvalue weighted by molar-refractivity contribution is -0.117. The summed E-state index contributed by atoms with van der Waals surface area (Å²) in [6.07, 6.45) is 4.16. The molecule has 1 aromatic heterocycles. The van der Waals surface area contributed by atoms with Crippen molar-refractivity contribution in [1.29, 1.82) is 0 Å². The Hall–Kier alpha value is -1.58. The number of rotatable bonds is 2. The predicted molar refractivity (Wildman–Crippen MR) is 67.9 cm³/mol. The number of amides is 1. The maximum Gasteiger partial charge on any atom is 0.228 e. The Morgan fingerprint density at radius 2 is 2.24 bits per heavy atom. The standard InChI is InChI=1S/C13H19N3O/c1-5-10-8-12(17)15(9-10)11-6-7-14-16(11)13(2,3)4/h5-7,10H,1,8-9H2,2-4H3. The first-order chi connectivity index (χ1) is 7.93. The van der Waals surface area contributed by atoms with E-state index in [-0.39, 0.29) is 17.4 Å². The Balaban J connectivity index is 2.33. The van der Waals surface area contributed by atoms with Crippen LogP contribution in [0.5, 0.6) is 0 Å². The molecule has 1 aromatic rings. The Labute approximate surface area is 102 Å². The second-order valence-electron chi connectivity index (χ2n) is 5.48. The Morgan fingerprint density at radius 3 is 2.76 bits per heavy atom. The molecule has 1 atom stereocenters. The van der Waals surface area contributed by atoms with Crippen LogP contribution in [0.1, 0.15) is 27.2 Å². The van der Waals surface area contributed by atoms with Crippen molar-refractivity contribution < 1.29 is 4.79 Å². The zero-order valence-corrected chi connectivity index (χ0v) is 10.7. The van der Waals surface area contributed by atoms with Crippen LogP contribution in [0.25, 0.3) is 0 Å². The monoisotopic (exact) mass is 233 g/mol. The normalized spacial score (nSPS) is 21.0. The molecular formula is C13H19N3O. The summed E-state index contributed by atoms with van der Waals surface area (Å²) in [6.45, 7) is 10.7. The van der Waals surface area contributed by atoms with Gasteiger partial charge in [-0.2, -0.15) is 5.10 Å². The van der Waals surface area contributed by atoms with Crippen molar-refractivity contribution in [1.82, 2.24) is 9.78 Å². The Bertz CT molecular complexity index is 442. The summed E-state index contributed by atoms with van der Waals surface area (Å²) in [5, 5.41) is 4.31. The SMILES string of the molecule is C=CC1CC(=O)N(c2ccnn2C(C)(C)C)C1. The molecule has 1 amide bonds. The molecule has 0 saturated carbocycles. The van der Waals surface area contributed by atoms with Gasteiger partial charge in [-0.05, 0) is 20.8 Å². The fourth-order valence-electron chi connectivity index (χ4n) is 2.13. The van der Waals surface area contributed by atoms with Gasteiger partial charge in [0.15, 0.2) is 0 Å². The van der Waals surface area contributed by atoms with E-state index in [9.17, 15) is 4.79 Å². The van der Waals surface area contributed by atoms with Gasteiger partial charge in [-0.25, -0.2) is 4.68 Å². The zero-order valence-electron chi connectivity index (χ0n) is 10.7. The maximum absolute atomic E-state index is 12.0. The molecule has 1 aliphatic rings. The van der Waals surface area contributed by atoms with Gasteiger partial charge in [-0.3, -0.25) is 9.69 Å². The molecule has 92 valence electrons. The van der Waals surface area contributed by atoms with Gasteiger partial charge in [-0.15, -0.1) is 6.58 Å². The molecule has 4 heteroatoms. The molecular weight excluding hydrogens is 214 g/mol. The van der Waals surface area contributed by atoms with Crippen LogP contribution >= 0.6 is 0 Å². The summed E-state index contributed by atoms with van der Waals surface area (Å²) in [4.78, 5) is 13.8. The molecule has 0 spiro atoms. The molecule has 4 nitrogen and oxygen atoms in total. The highest BCUT2D eigenvalue weighted by Gasteiger charge is 2.32. The van der Waals surface area contributed by atoms with Crippen molar-refractivity contribution in [2.75, 3.05) is 11.4 Å². The van der Waals surface area contributed by atoms with Gasteiger partial charge in [0.2, 0.25) is 5.91 Å². The third-order valence-corrected chi connectivity index (χ3v) is 3.02. The van der Waals surface area contributed by atoms with Crippen molar-refractivity contribution >= 4 is 11.7 Å². The molecule has 0 radical (unpaired) electrons. The van der Waals surface area contributed by atoms with E-state index in [1.54, 1.807) is 6.20 Å². The molecule has 1 unspecified atom stereocenters. The van der Waals surface area contributed by atoms with Gasteiger partial charge >= 0.3 is 0 Å². The average molecular weight is 233 g/mol. The van der Waals surface area contributed by atoms with Crippen LogP contribution in [0.15, 0.2) is 24.9 Å². The second-order valence-corrected chi connectivity index (χ2v) is 5.48. The van der Waals surface area contributed by atoms with E-state index in [4.69, 9.17) is 0 Å². The summed E-state index contributed by atoms with van der Waals surface area (Å²) in [7, 11) is 0. The lowest BCUT2D eigenvalue weighted by Gasteiger charge is -2.26. The maximum atomic E-state index is 12.0. The minimum atomic E-state index is -0.120. The number of carbonyl (C=O) groups excluding carboxylic acids is 1. The van der Waals surface area contributed by atoms with Crippen molar-refractivity contribution in [3.63, 3.8) is 0 Å². The first kappa shape index (κ1) is 11.9. The number of anilines is 1. The molecule has 0 aromatic carbocycles. The first-order valence-electron chi connectivity index (χ1n) is 5.91. The zero-order chi connectivity index (χ0) is 12.6. The summed E-state index contributed by atoms with van der Waals surface area (Å²) >= 11 is 0. The first-order valence-corrected chi connectivity index (χ1v) is 5.91. The number of hydrogen-bond donors (Lipinski definition) is 0. The molecule has 0 N–H and O–H groups in total. The Kier molecular flexibility index (Phi) is 2.81. The number of carbonyl (C=O) groups is 1. The fraction of sp³-hybridized carbons (Fsp3) is 0.538. The van der Waals surface area contributed by atoms with E-state index in [0.29, 0.717) is 13.0 Å². The van der Waals surface area contributed by atoms with Crippen molar-refractivity contribution in [3.05, 3.63) is 24.9 Å². The molecule has 0 aliphatic carbocycles. The van der Waals surface area contributed by atoms with Crippen LogP contribution in [0.2, 0.25) is 0 Å². The molecule has 2 heterocycles. The van der Waals surface area contributed by atoms with Crippen LogP contribution in [0, 0.1) is 5.92 Å². The van der Waals surface area contributed by atoms with Crippen LogP contribution in [0.3, 0.4) is 0 Å². The van der Waals surface area contributed by atoms with E-state index >= 15 is 0 Å². The molecule has 17 heavy (non-hydrogen) atoms. The summed E-state index contributed by atoms with van der Waals surface area (Å²) < 4.78 is 1.90. The van der Waals surface area contributed by atoms with Crippen LogP contribution in [0.4, 0.5) is 5.82 Å². The number of aromatic nitrogens is 2. The summed E-state index contributed by atoms with van der Waals surface area (Å²) in [6, 6.07) is 1.90. The smallest absolute Gasteiger partial charge is 0.228 e. The lowest BCUT2D eigenvalue weighted by Crippen LogP contribution is -2.32. The summed E-state index contributed by atoms with van der Waals surface area (Å²) in [5.74, 6) is 1.29. The highest BCUT2D eigenvalue weighted by atomic mass is 16.2. The van der Waals surface area contributed by atoms with Gasteiger partial charge < -0.3 is 0 Å². The van der Waals surface area contributed by atoms with Gasteiger partial charge in [0.25, 0.3) is 0 Å². The fourth-order valence-corrected chi connectivity index (χ4v) is 2.13. The molecule has 1 aliphatic heterocycles. The third-order valence-electron chi connectivity index (χ3n) is 3.02. The number of hydrogen-bond acceptors (Lipinski definition) is 2. The van der Waals surface area contributed by atoms with Gasteiger partial charge in [0.05, 0.1) is 11.7 Å². The van der Waals surface area contributed by atoms with Gasteiger partial charge in [0, 0.05) is 24.9 Å². The van der Waals surface area contributed by atoms with E-state index in [2.05, 4.69) is 32.4 Å². The minimum Gasteiger partial charge on any atom is -0.296 e. The highest BCUT2D eigenvalue weighted by Crippen LogP contribution is 2.28. The van der Waals surface area contributed by atoms with E-state index in [0.717, 1.165) is 5.82 Å². The van der Waals surface area contributed by atoms with Crippen LogP contribution in [-0.2, 0) is 10.3 Å². The van der Waals surface area contributed by atoms with E-state index in [1.165, 1.54) is 0 Å². The summed E-state index contributed by atoms with van der Waals surface area (Å²) in [5.41, 5.74) is -0.120. The van der Waals surface area contributed by atoms with Crippen molar-refractivity contribution in [2.24, 2.45) is 5.92 Å². The molecule has 1 fully saturated rings. The van der Waals surface area contributed by atoms with E-state index < -0.39 is 0 Å². The minimum absolute atomic E-state index is 0.120. The molecule has 1 saturated heterocycles. The van der Waals surface area contributed by atoms with Crippen molar-refractivity contribution in [3.8, 4) is 0 Å². The van der Waals surface area contributed by atoms with Gasteiger partial charge in [-0.1, -0.05) is 6.08 Å². The third kappa shape index (κ3) is 2.12. The topological polar surface area (TPSA) is 38.1 Å². The molecule has 2 rings (SSSR count). The highest BCUT2D eigenvalue weighted by molar-refractivity contribution is 5.95.